The number of fused-ring (bicyclic) bond motifs is 2. The first kappa shape index (κ1) is 13.6. The number of benzene rings is 1. The predicted molar refractivity (Wildman–Crippen MR) is 87.2 cm³/mol. The minimum atomic E-state index is 0.499. The summed E-state index contributed by atoms with van der Waals surface area (Å²) < 4.78 is 2.46. The number of hydrogen-bond donors (Lipinski definition) is 0. The fourth-order valence-corrected chi connectivity index (χ4v) is 6.16. The van der Waals surface area contributed by atoms with E-state index in [1.807, 2.05) is 0 Å². The molecule has 98 valence electrons. The van der Waals surface area contributed by atoms with E-state index in [1.165, 1.54) is 45.8 Å². The summed E-state index contributed by atoms with van der Waals surface area (Å²) in [4.78, 5) is 0.499. The average Bonchev–Trinajstić information content (AvgIpc) is 2.95. The van der Waals surface area contributed by atoms with Crippen LogP contribution in [-0.2, 0) is 0 Å². The molecule has 1 aromatic carbocycles. The first-order valence-electron chi connectivity index (χ1n) is 6.66. The molecule has 18 heavy (non-hydrogen) atoms. The highest BCUT2D eigenvalue weighted by Crippen LogP contribution is 2.55. The van der Waals surface area contributed by atoms with Gasteiger partial charge in [-0.25, -0.2) is 0 Å². The molecular weight excluding hydrogens is 420 g/mol. The van der Waals surface area contributed by atoms with E-state index in [4.69, 9.17) is 0 Å². The average molecular weight is 437 g/mol. The summed E-state index contributed by atoms with van der Waals surface area (Å²) in [6.45, 7) is 2.14. The maximum Gasteiger partial charge on any atom is 0.0437 e. The minimum Gasteiger partial charge on any atom is -0.0835 e. The Kier molecular flexibility index (Phi) is 3.95. The van der Waals surface area contributed by atoms with Crippen LogP contribution in [0.25, 0.3) is 0 Å². The van der Waals surface area contributed by atoms with Gasteiger partial charge in [0.1, 0.15) is 0 Å². The summed E-state index contributed by atoms with van der Waals surface area (Å²) in [6.07, 6.45) is 5.80. The highest BCUT2D eigenvalue weighted by molar-refractivity contribution is 9.11. The molecule has 0 N–H and O–H groups in total. The van der Waals surface area contributed by atoms with Gasteiger partial charge in [0.25, 0.3) is 0 Å². The maximum atomic E-state index is 3.97. The number of halogens is 3. The molecule has 4 unspecified atom stereocenters. The van der Waals surface area contributed by atoms with Gasteiger partial charge in [0.05, 0.1) is 0 Å². The van der Waals surface area contributed by atoms with Crippen molar-refractivity contribution in [2.45, 2.75) is 37.4 Å². The Hall–Kier alpha value is 0.660. The predicted octanol–water partition coefficient (Wildman–Crippen LogP) is 6.39. The van der Waals surface area contributed by atoms with Gasteiger partial charge in [-0.05, 0) is 67.2 Å². The third-order valence-electron chi connectivity index (χ3n) is 4.74. The lowest BCUT2D eigenvalue weighted by Crippen LogP contribution is -2.16. The summed E-state index contributed by atoms with van der Waals surface area (Å²) in [5, 5.41) is 0. The second-order valence-electron chi connectivity index (χ2n) is 5.86. The topological polar surface area (TPSA) is 0 Å². The van der Waals surface area contributed by atoms with Gasteiger partial charge in [-0.15, -0.1) is 0 Å². The Labute approximate surface area is 134 Å². The number of rotatable bonds is 2. The Morgan fingerprint density at radius 1 is 1.11 bits per heavy atom. The van der Waals surface area contributed by atoms with Crippen molar-refractivity contribution in [1.29, 1.82) is 0 Å². The van der Waals surface area contributed by atoms with Crippen molar-refractivity contribution in [3.8, 4) is 0 Å². The first-order chi connectivity index (χ1) is 8.56. The smallest absolute Gasteiger partial charge is 0.0437 e. The van der Waals surface area contributed by atoms with Gasteiger partial charge in [0.2, 0.25) is 0 Å². The largest absolute Gasteiger partial charge is 0.0835 e. The van der Waals surface area contributed by atoms with Gasteiger partial charge in [-0.1, -0.05) is 54.2 Å². The molecule has 4 atom stereocenters. The van der Waals surface area contributed by atoms with Gasteiger partial charge >= 0.3 is 0 Å². The SMILES string of the molecule is Cc1cc(Br)c(C(Br)C2CC3CCC2C3)cc1Br. The molecule has 3 heteroatoms. The lowest BCUT2D eigenvalue weighted by molar-refractivity contribution is 0.329. The summed E-state index contributed by atoms with van der Waals surface area (Å²) >= 11 is 11.4. The fraction of sp³-hybridized carbons (Fsp3) is 0.600. The van der Waals surface area contributed by atoms with Gasteiger partial charge < -0.3 is 0 Å². The summed E-state index contributed by atoms with van der Waals surface area (Å²) in [7, 11) is 0. The summed E-state index contributed by atoms with van der Waals surface area (Å²) in [5.41, 5.74) is 2.70. The molecule has 2 bridgehead atoms. The van der Waals surface area contributed by atoms with E-state index < -0.39 is 0 Å². The second kappa shape index (κ2) is 5.21. The highest BCUT2D eigenvalue weighted by atomic mass is 79.9. The monoisotopic (exact) mass is 434 g/mol. The van der Waals surface area contributed by atoms with Crippen molar-refractivity contribution in [2.24, 2.45) is 17.8 Å². The summed E-state index contributed by atoms with van der Waals surface area (Å²) in [5.74, 6) is 2.79. The van der Waals surface area contributed by atoms with Gasteiger partial charge in [0, 0.05) is 13.8 Å². The van der Waals surface area contributed by atoms with Crippen LogP contribution in [0.15, 0.2) is 21.1 Å². The van der Waals surface area contributed by atoms with E-state index in [2.05, 4.69) is 66.8 Å². The maximum absolute atomic E-state index is 3.97. The van der Waals surface area contributed by atoms with E-state index in [0.717, 1.165) is 17.8 Å². The Bertz CT molecular complexity index is 469. The molecule has 2 fully saturated rings. The van der Waals surface area contributed by atoms with Crippen LogP contribution in [0.2, 0.25) is 0 Å². The molecule has 0 aliphatic heterocycles. The van der Waals surface area contributed by atoms with E-state index in [-0.39, 0.29) is 0 Å². The van der Waals surface area contributed by atoms with E-state index in [9.17, 15) is 0 Å². The van der Waals surface area contributed by atoms with E-state index in [1.54, 1.807) is 0 Å². The molecule has 0 spiro atoms. The van der Waals surface area contributed by atoms with Crippen molar-refractivity contribution in [3.05, 3.63) is 32.2 Å². The molecule has 2 aliphatic rings. The van der Waals surface area contributed by atoms with E-state index in [0.29, 0.717) is 4.83 Å². The molecule has 3 rings (SSSR count). The zero-order chi connectivity index (χ0) is 12.9. The number of aryl methyl sites for hydroxylation is 1. The lowest BCUT2D eigenvalue weighted by atomic mass is 9.84. The van der Waals surface area contributed by atoms with Crippen LogP contribution in [0.3, 0.4) is 0 Å². The molecule has 0 aromatic heterocycles. The second-order valence-corrected chi connectivity index (χ2v) is 8.56. The van der Waals surface area contributed by atoms with Crippen LogP contribution in [0.4, 0.5) is 0 Å². The molecule has 2 aliphatic carbocycles. The van der Waals surface area contributed by atoms with Crippen LogP contribution in [0.1, 0.15) is 41.6 Å². The molecule has 2 saturated carbocycles. The molecule has 0 radical (unpaired) electrons. The fourth-order valence-electron chi connectivity index (χ4n) is 3.76. The number of hydrogen-bond acceptors (Lipinski definition) is 0. The van der Waals surface area contributed by atoms with Gasteiger partial charge in [-0.3, -0.25) is 0 Å². The molecule has 0 heterocycles. The standard InChI is InChI=1S/C15H17Br3/c1-8-4-14(17)12(7-13(8)16)15(18)11-6-9-2-3-10(11)5-9/h4,7,9-11,15H,2-3,5-6H2,1H3. The van der Waals surface area contributed by atoms with Crippen molar-refractivity contribution in [1.82, 2.24) is 0 Å². The molecular formula is C15H17Br3. The Balaban J connectivity index is 1.88. The van der Waals surface area contributed by atoms with Crippen LogP contribution in [0, 0.1) is 24.7 Å². The first-order valence-corrected chi connectivity index (χ1v) is 9.16. The van der Waals surface area contributed by atoms with Gasteiger partial charge in [-0.2, -0.15) is 0 Å². The normalized spacial score (nSPS) is 31.9. The van der Waals surface area contributed by atoms with Crippen LogP contribution >= 0.6 is 47.8 Å². The van der Waals surface area contributed by atoms with Crippen LogP contribution < -0.4 is 0 Å². The number of alkyl halides is 1. The third kappa shape index (κ3) is 2.35. The molecule has 0 nitrogen and oxygen atoms in total. The third-order valence-corrected chi connectivity index (χ3v) is 7.46. The van der Waals surface area contributed by atoms with Crippen molar-refractivity contribution in [3.63, 3.8) is 0 Å². The van der Waals surface area contributed by atoms with Crippen LogP contribution in [0.5, 0.6) is 0 Å². The lowest BCUT2D eigenvalue weighted by Gasteiger charge is -2.28. The zero-order valence-corrected chi connectivity index (χ0v) is 15.2. The molecule has 1 aromatic rings. The van der Waals surface area contributed by atoms with Crippen molar-refractivity contribution < 1.29 is 0 Å². The Morgan fingerprint density at radius 2 is 1.89 bits per heavy atom. The summed E-state index contributed by atoms with van der Waals surface area (Å²) in [6, 6.07) is 4.51. The van der Waals surface area contributed by atoms with Crippen molar-refractivity contribution in [2.75, 3.05) is 0 Å². The highest BCUT2D eigenvalue weighted by Gasteiger charge is 2.43. The van der Waals surface area contributed by atoms with Crippen LogP contribution in [-0.4, -0.2) is 0 Å². The van der Waals surface area contributed by atoms with E-state index >= 15 is 0 Å². The molecule has 0 amide bonds. The molecule has 0 saturated heterocycles. The quantitative estimate of drug-likeness (QED) is 0.471. The zero-order valence-electron chi connectivity index (χ0n) is 10.4. The van der Waals surface area contributed by atoms with Gasteiger partial charge in [0.15, 0.2) is 0 Å². The Morgan fingerprint density at radius 3 is 2.50 bits per heavy atom. The minimum absolute atomic E-state index is 0.499. The van der Waals surface area contributed by atoms with Crippen molar-refractivity contribution >= 4 is 47.8 Å².